The van der Waals surface area contributed by atoms with Gasteiger partial charge in [0.15, 0.2) is 0 Å². The van der Waals surface area contributed by atoms with Crippen molar-refractivity contribution in [1.82, 2.24) is 0 Å². The summed E-state index contributed by atoms with van der Waals surface area (Å²) in [4.78, 5) is 0. The van der Waals surface area contributed by atoms with E-state index in [0.717, 1.165) is 0 Å². The predicted octanol–water partition coefficient (Wildman–Crippen LogP) is 0.0138. The van der Waals surface area contributed by atoms with E-state index < -0.39 is 15.9 Å². The summed E-state index contributed by atoms with van der Waals surface area (Å²) in [6, 6.07) is 0. The second-order valence-electron chi connectivity index (χ2n) is 2.17. The maximum atomic E-state index is 10.4. The molecular formula is C3H7BO4S2. The fourth-order valence-corrected chi connectivity index (χ4v) is 0.926. The third kappa shape index (κ3) is 5.10. The maximum absolute atomic E-state index is 10.4. The fraction of sp³-hybridized carbons (Fsp3) is 1.00. The van der Waals surface area contributed by atoms with Gasteiger partial charge in [0, 0.05) is 5.50 Å². The Kier molecular flexibility index (Phi) is 3.21. The van der Waals surface area contributed by atoms with Crippen molar-refractivity contribution in [1.29, 1.82) is 0 Å². The third-order valence-corrected chi connectivity index (χ3v) is 1.77. The van der Waals surface area contributed by atoms with Crippen molar-refractivity contribution < 1.29 is 16.2 Å². The minimum Gasteiger partial charge on any atom is -0.252 e. The molecule has 0 saturated heterocycles. The fourth-order valence-electron chi connectivity index (χ4n) is 0.278. The first-order valence-corrected chi connectivity index (χ1v) is 4.04. The van der Waals surface area contributed by atoms with Gasteiger partial charge in [0.25, 0.3) is 0 Å². The van der Waals surface area contributed by atoms with Crippen molar-refractivity contribution in [2.45, 2.75) is 19.3 Å². The lowest BCUT2D eigenvalue weighted by Gasteiger charge is -2.16. The van der Waals surface area contributed by atoms with E-state index in [-0.39, 0.29) is 0 Å². The molecule has 0 aromatic rings. The molecule has 4 nitrogen and oxygen atoms in total. The first-order chi connectivity index (χ1) is 4.27. The van der Waals surface area contributed by atoms with Gasteiger partial charge in [0.2, 0.25) is 0 Å². The van der Waals surface area contributed by atoms with E-state index in [0.29, 0.717) is 0 Å². The van der Waals surface area contributed by atoms with Crippen molar-refractivity contribution >= 4 is 31.2 Å². The second-order valence-corrected chi connectivity index (χ2v) is 3.75. The quantitative estimate of drug-likeness (QED) is 0.379. The molecule has 0 bridgehead atoms. The molecule has 0 rings (SSSR count). The number of hydrogen-bond acceptors (Lipinski definition) is 5. The van der Waals surface area contributed by atoms with Gasteiger partial charge in [-0.05, 0) is 26.8 Å². The topological polar surface area (TPSA) is 52.6 Å². The first kappa shape index (κ1) is 10.3. The zero-order valence-electron chi connectivity index (χ0n) is 5.57. The molecule has 0 fully saturated rings. The first-order valence-electron chi connectivity index (χ1n) is 2.34. The van der Waals surface area contributed by atoms with Crippen LogP contribution in [0, 0.1) is 0 Å². The van der Waals surface area contributed by atoms with E-state index in [1.165, 1.54) is 13.8 Å². The molecule has 0 spiro atoms. The van der Waals surface area contributed by atoms with Gasteiger partial charge in [-0.15, -0.1) is 0 Å². The van der Waals surface area contributed by atoms with Crippen LogP contribution >= 0.6 is 12.9 Å². The standard InChI is InChI=1S/C3H7BO4S2/c1-3(2,4)7-10(5,6)8-9/h9H,1-2H3. The molecule has 10 heavy (non-hydrogen) atoms. The Labute approximate surface area is 67.3 Å². The van der Waals surface area contributed by atoms with Gasteiger partial charge in [-0.2, -0.15) is 12.0 Å². The van der Waals surface area contributed by atoms with Gasteiger partial charge in [-0.25, -0.2) is 0 Å². The molecule has 0 aromatic carbocycles. The molecule has 0 aromatic heterocycles. The van der Waals surface area contributed by atoms with Crippen molar-refractivity contribution in [2.24, 2.45) is 0 Å². The molecule has 0 aliphatic heterocycles. The van der Waals surface area contributed by atoms with E-state index in [2.05, 4.69) is 20.7 Å². The minimum absolute atomic E-state index is 1.28. The lowest BCUT2D eigenvalue weighted by atomic mass is 9.86. The van der Waals surface area contributed by atoms with Gasteiger partial charge in [-0.3, -0.25) is 4.18 Å². The van der Waals surface area contributed by atoms with Crippen LogP contribution in [0.1, 0.15) is 13.8 Å². The summed E-state index contributed by atoms with van der Waals surface area (Å²) >= 11 is 3.04. The zero-order valence-corrected chi connectivity index (χ0v) is 7.28. The summed E-state index contributed by atoms with van der Waals surface area (Å²) in [6.07, 6.45) is 0. The minimum atomic E-state index is -4.04. The highest BCUT2D eigenvalue weighted by atomic mass is 32.3. The molecule has 0 aliphatic rings. The van der Waals surface area contributed by atoms with Crippen LogP contribution in [0.3, 0.4) is 0 Å². The summed E-state index contributed by atoms with van der Waals surface area (Å²) in [5.41, 5.74) is -1.28. The van der Waals surface area contributed by atoms with Crippen molar-refractivity contribution in [3.8, 4) is 0 Å². The van der Waals surface area contributed by atoms with Crippen molar-refractivity contribution in [3.63, 3.8) is 0 Å². The lowest BCUT2D eigenvalue weighted by molar-refractivity contribution is 0.185. The average Bonchev–Trinajstić information content (AvgIpc) is 1.60. The summed E-state index contributed by atoms with van der Waals surface area (Å²) in [5, 5.41) is 0. The number of hydrogen-bond donors (Lipinski definition) is 1. The Morgan fingerprint density at radius 3 is 2.00 bits per heavy atom. The lowest BCUT2D eigenvalue weighted by Crippen LogP contribution is -2.28. The predicted molar refractivity (Wildman–Crippen MR) is 39.9 cm³/mol. The highest BCUT2D eigenvalue weighted by Gasteiger charge is 2.20. The summed E-state index contributed by atoms with van der Waals surface area (Å²) in [6.45, 7) is 2.74. The average molecular weight is 182 g/mol. The Bertz CT molecular complexity index is 191. The van der Waals surface area contributed by atoms with Crippen molar-refractivity contribution in [2.75, 3.05) is 0 Å². The second kappa shape index (κ2) is 3.12. The Hall–Kier alpha value is 0.285. The van der Waals surface area contributed by atoms with Crippen LogP contribution < -0.4 is 0 Å². The number of rotatable bonds is 3. The monoisotopic (exact) mass is 182 g/mol. The largest absolute Gasteiger partial charge is 0.410 e. The molecule has 0 amide bonds. The molecule has 0 unspecified atom stereocenters. The van der Waals surface area contributed by atoms with Gasteiger partial charge >= 0.3 is 10.4 Å². The molecule has 0 saturated carbocycles. The van der Waals surface area contributed by atoms with Crippen LogP contribution in [0.5, 0.6) is 0 Å². The van der Waals surface area contributed by atoms with Crippen LogP contribution in [0.25, 0.3) is 0 Å². The van der Waals surface area contributed by atoms with E-state index >= 15 is 0 Å². The smallest absolute Gasteiger partial charge is 0.252 e. The van der Waals surface area contributed by atoms with E-state index in [1.807, 2.05) is 0 Å². The Morgan fingerprint density at radius 2 is 1.90 bits per heavy atom. The van der Waals surface area contributed by atoms with Crippen LogP contribution in [-0.2, 0) is 18.2 Å². The van der Waals surface area contributed by atoms with E-state index in [9.17, 15) is 8.42 Å². The van der Waals surface area contributed by atoms with E-state index in [4.69, 9.17) is 7.85 Å². The van der Waals surface area contributed by atoms with Gasteiger partial charge in [0.05, 0.1) is 0 Å². The molecular weight excluding hydrogens is 175 g/mol. The SMILES string of the molecule is [B]C(C)(C)OS(=O)(=O)OS. The molecule has 2 radical (unpaired) electrons. The van der Waals surface area contributed by atoms with Crippen LogP contribution in [-0.4, -0.2) is 21.8 Å². The van der Waals surface area contributed by atoms with Gasteiger partial charge in [-0.1, -0.05) is 0 Å². The normalized spacial score (nSPS) is 13.5. The van der Waals surface area contributed by atoms with Crippen LogP contribution in [0.4, 0.5) is 0 Å². The third-order valence-electron chi connectivity index (χ3n) is 0.408. The molecule has 58 valence electrons. The highest BCUT2D eigenvalue weighted by molar-refractivity contribution is 7.92. The summed E-state index contributed by atoms with van der Waals surface area (Å²) in [5.74, 6) is 0. The summed E-state index contributed by atoms with van der Waals surface area (Å²) in [7, 11) is 1.14. The Morgan fingerprint density at radius 1 is 1.50 bits per heavy atom. The van der Waals surface area contributed by atoms with Gasteiger partial charge in [0.1, 0.15) is 7.85 Å². The van der Waals surface area contributed by atoms with Crippen molar-refractivity contribution in [3.05, 3.63) is 0 Å². The highest BCUT2D eigenvalue weighted by Crippen LogP contribution is 2.10. The number of thiol groups is 1. The molecule has 0 N–H and O–H groups in total. The van der Waals surface area contributed by atoms with Crippen LogP contribution in [0.2, 0.25) is 0 Å². The molecule has 0 atom stereocenters. The van der Waals surface area contributed by atoms with E-state index in [1.54, 1.807) is 0 Å². The maximum Gasteiger partial charge on any atom is 0.410 e. The molecule has 0 aliphatic carbocycles. The molecule has 0 heterocycles. The Balaban J connectivity index is 4.18. The summed E-state index contributed by atoms with van der Waals surface area (Å²) < 4.78 is 28.7. The molecule has 7 heteroatoms. The zero-order chi connectivity index (χ0) is 8.41. The van der Waals surface area contributed by atoms with Gasteiger partial charge < -0.3 is 0 Å². The van der Waals surface area contributed by atoms with Crippen LogP contribution in [0.15, 0.2) is 0 Å².